The van der Waals surface area contributed by atoms with Crippen LogP contribution in [0.5, 0.6) is 0 Å². The molecule has 2 aromatic rings. The zero-order chi connectivity index (χ0) is 10.8. The van der Waals surface area contributed by atoms with Crippen molar-refractivity contribution in [3.05, 3.63) is 27.7 Å². The van der Waals surface area contributed by atoms with Gasteiger partial charge >= 0.3 is 0 Å². The summed E-state index contributed by atoms with van der Waals surface area (Å²) in [6, 6.07) is 2.15. The number of aryl methyl sites for hydroxylation is 2. The maximum absolute atomic E-state index is 6.19. The van der Waals surface area contributed by atoms with Crippen LogP contribution in [0.4, 0.5) is 0 Å². The van der Waals surface area contributed by atoms with Crippen molar-refractivity contribution in [2.24, 2.45) is 5.73 Å². The maximum Gasteiger partial charge on any atom is 0.100 e. The molecule has 80 valence electrons. The lowest BCUT2D eigenvalue weighted by Gasteiger charge is -2.05. The van der Waals surface area contributed by atoms with Crippen molar-refractivity contribution < 1.29 is 0 Å². The van der Waals surface area contributed by atoms with Crippen molar-refractivity contribution in [1.82, 2.24) is 4.98 Å². The molecule has 0 saturated carbocycles. The third-order valence-corrected chi connectivity index (χ3v) is 3.83. The van der Waals surface area contributed by atoms with Crippen molar-refractivity contribution in [2.45, 2.75) is 19.8 Å². The quantitative estimate of drug-likeness (QED) is 0.895. The zero-order valence-corrected chi connectivity index (χ0v) is 10.2. The fourth-order valence-electron chi connectivity index (χ4n) is 1.69. The Bertz CT molecular complexity index is 479. The summed E-state index contributed by atoms with van der Waals surface area (Å²) >= 11 is 7.84. The third-order valence-electron chi connectivity index (χ3n) is 2.45. The van der Waals surface area contributed by atoms with E-state index in [1.807, 2.05) is 12.4 Å². The summed E-state index contributed by atoms with van der Waals surface area (Å²) in [5.74, 6) is 0. The van der Waals surface area contributed by atoms with E-state index in [9.17, 15) is 0 Å². The van der Waals surface area contributed by atoms with Crippen molar-refractivity contribution >= 4 is 33.2 Å². The molecule has 0 spiro atoms. The van der Waals surface area contributed by atoms with E-state index in [4.69, 9.17) is 17.3 Å². The molecule has 0 aliphatic rings. The molecule has 2 nitrogen and oxygen atoms in total. The number of aromatic nitrogens is 1. The molecule has 4 heteroatoms. The van der Waals surface area contributed by atoms with Gasteiger partial charge in [-0.1, -0.05) is 17.7 Å². The lowest BCUT2D eigenvalue weighted by Crippen LogP contribution is -2.00. The molecule has 0 unspecified atom stereocenters. The van der Waals surface area contributed by atoms with Gasteiger partial charge in [-0.05, 0) is 37.4 Å². The van der Waals surface area contributed by atoms with Gasteiger partial charge in [0.25, 0.3) is 0 Å². The fraction of sp³-hybridized carbons (Fsp3) is 0.364. The van der Waals surface area contributed by atoms with Gasteiger partial charge in [-0.3, -0.25) is 0 Å². The Morgan fingerprint density at radius 2 is 2.33 bits per heavy atom. The maximum atomic E-state index is 6.19. The van der Waals surface area contributed by atoms with Gasteiger partial charge < -0.3 is 5.73 Å². The van der Waals surface area contributed by atoms with Crippen LogP contribution in [0.25, 0.3) is 10.2 Å². The lowest BCUT2D eigenvalue weighted by atomic mass is 10.1. The standard InChI is InChI=1S/C11H13ClN2S/c1-7-5-8(3-2-4-13)11-10(9(7)12)14-6-15-11/h5-6H,2-4,13H2,1H3. The van der Waals surface area contributed by atoms with Gasteiger partial charge in [-0.2, -0.15) is 0 Å². The van der Waals surface area contributed by atoms with E-state index in [1.165, 1.54) is 10.3 Å². The van der Waals surface area contributed by atoms with E-state index in [0.29, 0.717) is 0 Å². The molecule has 0 amide bonds. The Balaban J connectivity index is 2.53. The second-order valence-electron chi connectivity index (χ2n) is 3.59. The van der Waals surface area contributed by atoms with E-state index in [-0.39, 0.29) is 0 Å². The highest BCUT2D eigenvalue weighted by molar-refractivity contribution is 7.17. The van der Waals surface area contributed by atoms with Crippen molar-refractivity contribution in [2.75, 3.05) is 6.54 Å². The molecular weight excluding hydrogens is 228 g/mol. The minimum atomic E-state index is 0.724. The second kappa shape index (κ2) is 4.47. The van der Waals surface area contributed by atoms with E-state index < -0.39 is 0 Å². The summed E-state index contributed by atoms with van der Waals surface area (Å²) in [6.07, 6.45) is 2.02. The number of hydrogen-bond acceptors (Lipinski definition) is 3. The summed E-state index contributed by atoms with van der Waals surface area (Å²) in [7, 11) is 0. The molecule has 1 aromatic heterocycles. The lowest BCUT2D eigenvalue weighted by molar-refractivity contribution is 0.837. The molecule has 0 saturated heterocycles. The van der Waals surface area contributed by atoms with Crippen LogP contribution in [-0.2, 0) is 6.42 Å². The van der Waals surface area contributed by atoms with Crippen LogP contribution >= 0.6 is 22.9 Å². The highest BCUT2D eigenvalue weighted by atomic mass is 35.5. The first kappa shape index (κ1) is 10.9. The Hall–Kier alpha value is -0.640. The highest BCUT2D eigenvalue weighted by Gasteiger charge is 2.10. The molecular formula is C11H13ClN2S. The largest absolute Gasteiger partial charge is 0.330 e. The predicted molar refractivity (Wildman–Crippen MR) is 66.7 cm³/mol. The molecule has 15 heavy (non-hydrogen) atoms. The smallest absolute Gasteiger partial charge is 0.100 e. The van der Waals surface area contributed by atoms with Crippen LogP contribution in [0.3, 0.4) is 0 Å². The summed E-state index contributed by atoms with van der Waals surface area (Å²) in [5, 5.41) is 0.780. The van der Waals surface area contributed by atoms with Crippen molar-refractivity contribution in [1.29, 1.82) is 0 Å². The molecule has 1 heterocycles. The van der Waals surface area contributed by atoms with Crippen LogP contribution < -0.4 is 5.73 Å². The number of benzene rings is 1. The van der Waals surface area contributed by atoms with Gasteiger partial charge in [0, 0.05) is 0 Å². The summed E-state index contributed by atoms with van der Waals surface area (Å²) in [4.78, 5) is 4.30. The number of thiazole rings is 1. The molecule has 0 radical (unpaired) electrons. The summed E-state index contributed by atoms with van der Waals surface area (Å²) in [5.41, 5.74) is 10.7. The molecule has 0 atom stereocenters. The Labute approximate surface area is 98.1 Å². The van der Waals surface area contributed by atoms with Gasteiger partial charge in [0.05, 0.1) is 15.2 Å². The van der Waals surface area contributed by atoms with E-state index in [2.05, 4.69) is 11.1 Å². The first-order valence-corrected chi connectivity index (χ1v) is 6.21. The van der Waals surface area contributed by atoms with Crippen LogP contribution in [-0.4, -0.2) is 11.5 Å². The van der Waals surface area contributed by atoms with Gasteiger partial charge in [-0.25, -0.2) is 4.98 Å². The van der Waals surface area contributed by atoms with Crippen LogP contribution in [0.15, 0.2) is 11.6 Å². The highest BCUT2D eigenvalue weighted by Crippen LogP contribution is 2.32. The molecule has 0 aliphatic carbocycles. The number of hydrogen-bond donors (Lipinski definition) is 1. The first-order valence-electron chi connectivity index (χ1n) is 4.95. The number of nitrogens with zero attached hydrogens (tertiary/aromatic N) is 1. The number of fused-ring (bicyclic) bond motifs is 1. The Morgan fingerprint density at radius 1 is 1.53 bits per heavy atom. The molecule has 2 N–H and O–H groups in total. The fourth-order valence-corrected chi connectivity index (χ4v) is 2.78. The van der Waals surface area contributed by atoms with Gasteiger partial charge in [-0.15, -0.1) is 11.3 Å². The number of halogens is 1. The summed E-state index contributed by atoms with van der Waals surface area (Å²) < 4.78 is 1.21. The van der Waals surface area contributed by atoms with Gasteiger partial charge in [0.2, 0.25) is 0 Å². The number of nitrogens with two attached hydrogens (primary N) is 1. The van der Waals surface area contributed by atoms with E-state index in [1.54, 1.807) is 11.3 Å². The Kier molecular flexibility index (Phi) is 3.24. The molecule has 0 aliphatic heterocycles. The van der Waals surface area contributed by atoms with Crippen LogP contribution in [0.2, 0.25) is 5.02 Å². The summed E-state index contributed by atoms with van der Waals surface area (Å²) in [6.45, 7) is 2.75. The normalized spacial score (nSPS) is 11.1. The zero-order valence-electron chi connectivity index (χ0n) is 8.59. The molecule has 2 rings (SSSR count). The molecule has 0 bridgehead atoms. The van der Waals surface area contributed by atoms with Crippen LogP contribution in [0.1, 0.15) is 17.5 Å². The van der Waals surface area contributed by atoms with Crippen LogP contribution in [0, 0.1) is 6.92 Å². The molecule has 1 aromatic carbocycles. The predicted octanol–water partition coefficient (Wildman–Crippen LogP) is 3.15. The SMILES string of the molecule is Cc1cc(CCCN)c2scnc2c1Cl. The number of rotatable bonds is 3. The Morgan fingerprint density at radius 3 is 3.07 bits per heavy atom. The minimum Gasteiger partial charge on any atom is -0.330 e. The average Bonchev–Trinajstić information content (AvgIpc) is 2.70. The second-order valence-corrected chi connectivity index (χ2v) is 4.82. The van der Waals surface area contributed by atoms with Gasteiger partial charge in [0.1, 0.15) is 5.52 Å². The third kappa shape index (κ3) is 2.00. The average molecular weight is 241 g/mol. The van der Waals surface area contributed by atoms with Crippen molar-refractivity contribution in [3.8, 4) is 0 Å². The first-order chi connectivity index (χ1) is 7.24. The molecule has 0 fully saturated rings. The topological polar surface area (TPSA) is 38.9 Å². The van der Waals surface area contributed by atoms with Crippen molar-refractivity contribution in [3.63, 3.8) is 0 Å². The monoisotopic (exact) mass is 240 g/mol. The minimum absolute atomic E-state index is 0.724. The van der Waals surface area contributed by atoms with E-state index in [0.717, 1.165) is 35.5 Å². The van der Waals surface area contributed by atoms with E-state index >= 15 is 0 Å². The van der Waals surface area contributed by atoms with Gasteiger partial charge in [0.15, 0.2) is 0 Å².